The molecule has 2 aromatic rings. The molecule has 6 heteroatoms. The molecule has 1 unspecified atom stereocenters. The van der Waals surface area contributed by atoms with Crippen molar-refractivity contribution in [1.82, 2.24) is 10.2 Å². The number of hydrogen-bond donors (Lipinski definition) is 1. The van der Waals surface area contributed by atoms with E-state index in [9.17, 15) is 9.59 Å². The van der Waals surface area contributed by atoms with E-state index in [0.717, 1.165) is 5.56 Å². The highest BCUT2D eigenvalue weighted by atomic mass is 32.2. The molecule has 0 spiro atoms. The lowest BCUT2D eigenvalue weighted by Crippen LogP contribution is -2.49. The highest BCUT2D eigenvalue weighted by Gasteiger charge is 2.27. The minimum atomic E-state index is -0.537. The van der Waals surface area contributed by atoms with Crippen molar-refractivity contribution in [1.29, 1.82) is 0 Å². The topological polar surface area (TPSA) is 49.4 Å². The van der Waals surface area contributed by atoms with E-state index in [1.165, 1.54) is 16.2 Å². The lowest BCUT2D eigenvalue weighted by atomic mass is 10.0. The molecule has 134 valence electrons. The van der Waals surface area contributed by atoms with Crippen LogP contribution >= 0.6 is 23.1 Å². The van der Waals surface area contributed by atoms with Crippen molar-refractivity contribution in [3.05, 3.63) is 52.2 Å². The summed E-state index contributed by atoms with van der Waals surface area (Å²) >= 11 is 3.06. The van der Waals surface area contributed by atoms with Crippen molar-refractivity contribution >= 4 is 34.9 Å². The fraction of sp³-hybridized carbons (Fsp3) is 0.368. The first-order valence-electron chi connectivity index (χ1n) is 8.14. The zero-order valence-electron chi connectivity index (χ0n) is 15.0. The zero-order valence-corrected chi connectivity index (χ0v) is 16.6. The highest BCUT2D eigenvalue weighted by Crippen LogP contribution is 2.17. The number of hydrogen-bond acceptors (Lipinski definition) is 4. The predicted molar refractivity (Wildman–Crippen MR) is 105 cm³/mol. The fourth-order valence-electron chi connectivity index (χ4n) is 2.45. The third-order valence-electron chi connectivity index (χ3n) is 3.92. The summed E-state index contributed by atoms with van der Waals surface area (Å²) in [6.07, 6.45) is 2.04. The largest absolute Gasteiger partial charge is 0.340 e. The molecule has 0 bridgehead atoms. The van der Waals surface area contributed by atoms with Crippen molar-refractivity contribution in [2.45, 2.75) is 31.3 Å². The summed E-state index contributed by atoms with van der Waals surface area (Å²) in [6.45, 7) is 4.41. The number of rotatable bonds is 7. The van der Waals surface area contributed by atoms with E-state index < -0.39 is 6.04 Å². The van der Waals surface area contributed by atoms with Crippen molar-refractivity contribution in [3.63, 3.8) is 0 Å². The molecule has 1 atom stereocenters. The van der Waals surface area contributed by atoms with E-state index in [4.69, 9.17) is 0 Å². The molecular formula is C19H24N2O2S2. The van der Waals surface area contributed by atoms with E-state index >= 15 is 0 Å². The number of carbonyl (C=O) groups excluding carboxylic acids is 2. The van der Waals surface area contributed by atoms with E-state index in [1.807, 2.05) is 43.7 Å². The number of nitrogens with zero attached hydrogens (tertiary/aromatic N) is 1. The van der Waals surface area contributed by atoms with Crippen molar-refractivity contribution in [2.24, 2.45) is 5.92 Å². The Labute approximate surface area is 157 Å². The predicted octanol–water partition coefficient (Wildman–Crippen LogP) is 3.88. The van der Waals surface area contributed by atoms with Crippen LogP contribution in [0.2, 0.25) is 0 Å². The van der Waals surface area contributed by atoms with Gasteiger partial charge in [-0.2, -0.15) is 0 Å². The summed E-state index contributed by atoms with van der Waals surface area (Å²) in [7, 11) is 1.78. The monoisotopic (exact) mass is 376 g/mol. The summed E-state index contributed by atoms with van der Waals surface area (Å²) in [5.41, 5.74) is 1.07. The second kappa shape index (κ2) is 9.06. The number of carbonyl (C=O) groups is 2. The van der Waals surface area contributed by atoms with Crippen LogP contribution in [0.4, 0.5) is 0 Å². The minimum Gasteiger partial charge on any atom is -0.340 e. The van der Waals surface area contributed by atoms with Gasteiger partial charge in [0.1, 0.15) is 6.04 Å². The number of amides is 2. The quantitative estimate of drug-likeness (QED) is 0.746. The van der Waals surface area contributed by atoms with Gasteiger partial charge in [0.05, 0.1) is 4.88 Å². The molecule has 0 aliphatic rings. The van der Waals surface area contributed by atoms with Crippen LogP contribution in [0, 0.1) is 5.92 Å². The SMILES string of the molecule is CSc1ccc(CN(C)C(=O)C(NC(=O)c2cccs2)C(C)C)cc1. The molecule has 2 amide bonds. The van der Waals surface area contributed by atoms with Crippen LogP contribution in [0.25, 0.3) is 0 Å². The summed E-state index contributed by atoms with van der Waals surface area (Å²) < 4.78 is 0. The Morgan fingerprint density at radius 2 is 1.88 bits per heavy atom. The molecule has 0 radical (unpaired) electrons. The standard InChI is InChI=1S/C19H24N2O2S2/c1-13(2)17(20-18(22)16-6-5-11-25-16)19(23)21(3)12-14-7-9-15(24-4)10-8-14/h5-11,13,17H,12H2,1-4H3,(H,20,22). The number of likely N-dealkylation sites (N-methyl/N-ethyl adjacent to an activating group) is 1. The lowest BCUT2D eigenvalue weighted by Gasteiger charge is -2.27. The summed E-state index contributed by atoms with van der Waals surface area (Å²) in [5.74, 6) is -0.258. The van der Waals surface area contributed by atoms with Gasteiger partial charge in [0.15, 0.2) is 0 Å². The van der Waals surface area contributed by atoms with E-state index in [-0.39, 0.29) is 17.7 Å². The maximum atomic E-state index is 12.8. The molecule has 2 rings (SSSR count). The molecule has 1 heterocycles. The molecule has 4 nitrogen and oxygen atoms in total. The Balaban J connectivity index is 2.03. The van der Waals surface area contributed by atoms with E-state index in [2.05, 4.69) is 17.4 Å². The Hall–Kier alpha value is -1.79. The smallest absolute Gasteiger partial charge is 0.262 e. The van der Waals surface area contributed by atoms with Gasteiger partial charge < -0.3 is 10.2 Å². The first-order valence-corrected chi connectivity index (χ1v) is 10.2. The van der Waals surface area contributed by atoms with Crippen LogP contribution in [-0.4, -0.2) is 36.1 Å². The molecule has 0 aliphatic carbocycles. The molecular weight excluding hydrogens is 352 g/mol. The van der Waals surface area contributed by atoms with Crippen LogP contribution in [-0.2, 0) is 11.3 Å². The van der Waals surface area contributed by atoms with Gasteiger partial charge in [-0.15, -0.1) is 23.1 Å². The third-order valence-corrected chi connectivity index (χ3v) is 5.53. The normalized spacial score (nSPS) is 12.0. The second-order valence-corrected chi connectivity index (χ2v) is 8.04. The fourth-order valence-corrected chi connectivity index (χ4v) is 3.49. The average molecular weight is 377 g/mol. The van der Waals surface area contributed by atoms with E-state index in [0.29, 0.717) is 11.4 Å². The third kappa shape index (κ3) is 5.34. The van der Waals surface area contributed by atoms with E-state index in [1.54, 1.807) is 29.8 Å². The van der Waals surface area contributed by atoms with Crippen molar-refractivity contribution in [2.75, 3.05) is 13.3 Å². The van der Waals surface area contributed by atoms with Gasteiger partial charge in [-0.05, 0) is 41.3 Å². The van der Waals surface area contributed by atoms with Gasteiger partial charge in [-0.25, -0.2) is 0 Å². The summed E-state index contributed by atoms with van der Waals surface area (Å²) in [4.78, 5) is 28.6. The minimum absolute atomic E-state index is 0.0118. The van der Waals surface area contributed by atoms with Gasteiger partial charge in [-0.1, -0.05) is 32.0 Å². The highest BCUT2D eigenvalue weighted by molar-refractivity contribution is 7.98. The molecule has 25 heavy (non-hydrogen) atoms. The summed E-state index contributed by atoms with van der Waals surface area (Å²) in [6, 6.07) is 11.2. The van der Waals surface area contributed by atoms with Crippen molar-refractivity contribution < 1.29 is 9.59 Å². The van der Waals surface area contributed by atoms with Crippen LogP contribution < -0.4 is 5.32 Å². The number of benzene rings is 1. The van der Waals surface area contributed by atoms with Gasteiger partial charge in [0.2, 0.25) is 5.91 Å². The Morgan fingerprint density at radius 1 is 1.20 bits per heavy atom. The molecule has 0 fully saturated rings. The van der Waals surface area contributed by atoms with Crippen LogP contribution in [0.1, 0.15) is 29.1 Å². The summed E-state index contributed by atoms with van der Waals surface area (Å²) in [5, 5.41) is 4.73. The van der Waals surface area contributed by atoms with Crippen LogP contribution in [0.15, 0.2) is 46.7 Å². The van der Waals surface area contributed by atoms with Crippen LogP contribution in [0.5, 0.6) is 0 Å². The van der Waals surface area contributed by atoms with Gasteiger partial charge in [0.25, 0.3) is 5.91 Å². The number of thioether (sulfide) groups is 1. The van der Waals surface area contributed by atoms with Crippen LogP contribution in [0.3, 0.4) is 0 Å². The molecule has 0 saturated carbocycles. The Bertz CT molecular complexity index is 697. The molecule has 0 aliphatic heterocycles. The Kier molecular flexibility index (Phi) is 7.08. The second-order valence-electron chi connectivity index (χ2n) is 6.21. The molecule has 1 aromatic heterocycles. The van der Waals surface area contributed by atoms with Gasteiger partial charge in [0, 0.05) is 18.5 Å². The Morgan fingerprint density at radius 3 is 2.40 bits per heavy atom. The molecule has 1 N–H and O–H groups in total. The maximum absolute atomic E-state index is 12.8. The molecule has 1 aromatic carbocycles. The maximum Gasteiger partial charge on any atom is 0.262 e. The van der Waals surface area contributed by atoms with Crippen molar-refractivity contribution in [3.8, 4) is 0 Å². The average Bonchev–Trinajstić information content (AvgIpc) is 3.14. The van der Waals surface area contributed by atoms with Gasteiger partial charge in [-0.3, -0.25) is 9.59 Å². The van der Waals surface area contributed by atoms with Gasteiger partial charge >= 0.3 is 0 Å². The number of thiophene rings is 1. The molecule has 0 saturated heterocycles. The zero-order chi connectivity index (χ0) is 18.4. The first-order chi connectivity index (χ1) is 11.9. The first kappa shape index (κ1) is 19.5. The lowest BCUT2D eigenvalue weighted by molar-refractivity contribution is -0.133. The number of nitrogens with one attached hydrogen (secondary N) is 1.